The normalized spacial score (nSPS) is 22.3. The summed E-state index contributed by atoms with van der Waals surface area (Å²) in [5.74, 6) is 0.509. The predicted molar refractivity (Wildman–Crippen MR) is 135 cm³/mol. The quantitative estimate of drug-likeness (QED) is 0.452. The van der Waals surface area contributed by atoms with Crippen molar-refractivity contribution >= 4 is 35.5 Å². The number of rotatable bonds is 2. The van der Waals surface area contributed by atoms with Crippen LogP contribution in [0.5, 0.6) is 0 Å². The van der Waals surface area contributed by atoms with Crippen molar-refractivity contribution in [1.82, 2.24) is 9.80 Å². The summed E-state index contributed by atoms with van der Waals surface area (Å²) < 4.78 is 0. The van der Waals surface area contributed by atoms with Crippen LogP contribution in [0, 0.1) is 18.4 Å². The monoisotopic (exact) mass is 537 g/mol. The molecule has 0 saturated carbocycles. The number of hydrogen-bond donors (Lipinski definition) is 1. The molecule has 6 nitrogen and oxygen atoms in total. The van der Waals surface area contributed by atoms with Gasteiger partial charge in [-0.2, -0.15) is 17.7 Å². The number of hydrogen-bond acceptors (Lipinski definition) is 4. The Labute approximate surface area is 230 Å². The third-order valence-corrected chi connectivity index (χ3v) is 7.21. The van der Waals surface area contributed by atoms with Crippen LogP contribution < -0.4 is 0 Å². The van der Waals surface area contributed by atoms with Gasteiger partial charge in [0.1, 0.15) is 0 Å². The van der Waals surface area contributed by atoms with E-state index in [1.54, 1.807) is 0 Å². The zero-order valence-corrected chi connectivity index (χ0v) is 22.7. The summed E-state index contributed by atoms with van der Waals surface area (Å²) >= 11 is 0. The third-order valence-electron chi connectivity index (χ3n) is 7.21. The zero-order chi connectivity index (χ0) is 23.6. The van der Waals surface area contributed by atoms with Crippen LogP contribution in [0.3, 0.4) is 0 Å². The van der Waals surface area contributed by atoms with Gasteiger partial charge < -0.3 is 9.80 Å². The van der Waals surface area contributed by atoms with Crippen molar-refractivity contribution in [1.29, 1.82) is 5.41 Å². The molecule has 2 saturated heterocycles. The molecule has 0 spiro atoms. The van der Waals surface area contributed by atoms with Crippen molar-refractivity contribution < 1.29 is 37.5 Å². The molecule has 2 atom stereocenters. The smallest absolute Gasteiger partial charge is 0.256 e. The predicted octanol–water partition coefficient (Wildman–Crippen LogP) is 4.54. The number of carbonyl (C=O) groups excluding carboxylic acids is 1. The van der Waals surface area contributed by atoms with Crippen molar-refractivity contribution in [3.63, 3.8) is 0 Å². The number of amides is 1. The van der Waals surface area contributed by atoms with E-state index in [1.165, 1.54) is 0 Å². The molecule has 0 aromatic heterocycles. The minimum Gasteiger partial charge on any atom is -0.354 e. The molecular weight excluding hydrogens is 511 g/mol. The summed E-state index contributed by atoms with van der Waals surface area (Å²) in [5.41, 5.74) is 8.35. The van der Waals surface area contributed by atoms with E-state index in [4.69, 9.17) is 10.4 Å². The molecule has 1 radical (unpaired) electrons. The Kier molecular flexibility index (Phi) is 6.22. The topological polar surface area (TPSA) is 72.1 Å². The second-order valence-corrected chi connectivity index (χ2v) is 9.74. The molecule has 2 fully saturated rings. The second-order valence-electron chi connectivity index (χ2n) is 9.74. The molecule has 0 unspecified atom stereocenters. The van der Waals surface area contributed by atoms with Crippen LogP contribution in [-0.2, 0) is 39.1 Å². The van der Waals surface area contributed by atoms with E-state index < -0.39 is 0 Å². The SMILES string of the molecule is C=C1C[C@H]2C=Nc3cc(Cc4cc5c(cc4C)C(=O)N4CC(=C)C[C@H]4C=N5)[c-]cc3C(=N)N2C1.[Y]. The van der Waals surface area contributed by atoms with Gasteiger partial charge in [0.25, 0.3) is 5.91 Å². The maximum atomic E-state index is 13.2. The molecule has 0 aliphatic carbocycles. The minimum atomic E-state index is -0.00495. The van der Waals surface area contributed by atoms with Crippen LogP contribution in [0.25, 0.3) is 0 Å². The second kappa shape index (κ2) is 9.07. The van der Waals surface area contributed by atoms with Gasteiger partial charge in [-0.05, 0) is 55.1 Å². The Morgan fingerprint density at radius 1 is 1.00 bits per heavy atom. The first-order valence-electron chi connectivity index (χ1n) is 11.6. The fourth-order valence-corrected chi connectivity index (χ4v) is 5.37. The summed E-state index contributed by atoms with van der Waals surface area (Å²) in [6, 6.07) is 11.4. The van der Waals surface area contributed by atoms with E-state index in [9.17, 15) is 4.79 Å². The number of nitrogens with zero attached hydrogens (tertiary/aromatic N) is 4. The van der Waals surface area contributed by atoms with E-state index in [1.807, 2.05) is 48.5 Å². The summed E-state index contributed by atoms with van der Waals surface area (Å²) in [5, 5.41) is 8.69. The molecule has 2 aromatic carbocycles. The van der Waals surface area contributed by atoms with Crippen LogP contribution >= 0.6 is 0 Å². The van der Waals surface area contributed by atoms with Crippen molar-refractivity contribution in [3.05, 3.63) is 82.5 Å². The Bertz CT molecular complexity index is 1360. The van der Waals surface area contributed by atoms with Crippen molar-refractivity contribution in [2.24, 2.45) is 9.98 Å². The Morgan fingerprint density at radius 2 is 1.63 bits per heavy atom. The Hall–Kier alpha value is -2.70. The molecule has 1 N–H and O–H groups in total. The minimum absolute atomic E-state index is 0. The van der Waals surface area contributed by atoms with Gasteiger partial charge in [0.15, 0.2) is 0 Å². The number of fused-ring (bicyclic) bond motifs is 4. The molecular formula is C28H26N5OY-. The molecule has 4 heterocycles. The molecule has 0 bridgehead atoms. The number of carbonyl (C=O) groups is 1. The summed E-state index contributed by atoms with van der Waals surface area (Å²) in [4.78, 5) is 26.5. The first-order chi connectivity index (χ1) is 16.4. The van der Waals surface area contributed by atoms with Crippen LogP contribution in [0.2, 0.25) is 0 Å². The molecule has 4 aliphatic heterocycles. The molecule has 1 amide bonds. The van der Waals surface area contributed by atoms with Crippen LogP contribution in [0.15, 0.2) is 58.6 Å². The maximum absolute atomic E-state index is 13.2. The van der Waals surface area contributed by atoms with Crippen molar-refractivity contribution in [2.75, 3.05) is 13.1 Å². The Morgan fingerprint density at radius 3 is 2.34 bits per heavy atom. The van der Waals surface area contributed by atoms with E-state index in [2.05, 4.69) is 29.1 Å². The Balaban J connectivity index is 0.00000253. The largest absolute Gasteiger partial charge is 0.354 e. The number of amidine groups is 1. The zero-order valence-electron chi connectivity index (χ0n) is 19.8. The van der Waals surface area contributed by atoms with E-state index in [0.29, 0.717) is 30.9 Å². The molecule has 4 aliphatic rings. The molecule has 2 aromatic rings. The number of aryl methyl sites for hydroxylation is 1. The van der Waals surface area contributed by atoms with Gasteiger partial charge in [-0.15, -0.1) is 6.07 Å². The average Bonchev–Trinajstić information content (AvgIpc) is 3.32. The van der Waals surface area contributed by atoms with Gasteiger partial charge in [-0.1, -0.05) is 29.9 Å². The fourth-order valence-electron chi connectivity index (χ4n) is 5.37. The van der Waals surface area contributed by atoms with Gasteiger partial charge >= 0.3 is 0 Å². The summed E-state index contributed by atoms with van der Waals surface area (Å²) in [7, 11) is 0. The van der Waals surface area contributed by atoms with Gasteiger partial charge in [0.2, 0.25) is 0 Å². The van der Waals surface area contributed by atoms with Gasteiger partial charge in [-0.25, -0.2) is 0 Å². The van der Waals surface area contributed by atoms with Crippen LogP contribution in [0.1, 0.15) is 45.5 Å². The van der Waals surface area contributed by atoms with E-state index >= 15 is 0 Å². The van der Waals surface area contributed by atoms with Gasteiger partial charge in [-0.3, -0.25) is 20.2 Å². The molecule has 7 heteroatoms. The van der Waals surface area contributed by atoms with Crippen molar-refractivity contribution in [2.45, 2.75) is 38.3 Å². The number of benzene rings is 2. The fraction of sp³-hybridized carbons (Fsp3) is 0.286. The van der Waals surface area contributed by atoms with Crippen molar-refractivity contribution in [3.8, 4) is 0 Å². The third kappa shape index (κ3) is 4.17. The summed E-state index contributed by atoms with van der Waals surface area (Å²) in [6.07, 6.45) is 6.11. The summed E-state index contributed by atoms with van der Waals surface area (Å²) in [6.45, 7) is 11.5. The molecule has 6 rings (SSSR count). The molecule has 35 heavy (non-hydrogen) atoms. The molecule has 173 valence electrons. The maximum Gasteiger partial charge on any atom is 0.256 e. The van der Waals surface area contributed by atoms with Crippen LogP contribution in [0.4, 0.5) is 11.4 Å². The van der Waals surface area contributed by atoms with Gasteiger partial charge in [0, 0.05) is 58.2 Å². The van der Waals surface area contributed by atoms with Crippen LogP contribution in [-0.4, -0.2) is 59.1 Å². The first kappa shape index (κ1) is 24.0. The average molecular weight is 537 g/mol. The van der Waals surface area contributed by atoms with E-state index in [0.717, 1.165) is 57.6 Å². The number of nitrogens with one attached hydrogen (secondary N) is 1. The standard InChI is InChI=1S/C28H26N5O.Y/c1-16-6-21-12-30-25-10-19(4-5-23(25)27(29)32(21)14-16)9-20-11-26-24(8-18(20)3)28(34)33-15-17(2)7-22(33)13-31-26;/h5,8,10-13,21-22,29H,1-2,6-7,9,14-15H2,3H3;/q-1;/t21-,22-;/m0./s1. The number of aliphatic imine (C=N–C) groups is 2. The van der Waals surface area contributed by atoms with E-state index in [-0.39, 0.29) is 50.7 Å². The van der Waals surface area contributed by atoms with Gasteiger partial charge in [0.05, 0.1) is 29.2 Å². The first-order valence-corrected chi connectivity index (χ1v) is 11.6.